The molecule has 0 unspecified atom stereocenters. The van der Waals surface area contributed by atoms with Crippen LogP contribution in [-0.4, -0.2) is 38.2 Å². The third kappa shape index (κ3) is 3.86. The lowest BCUT2D eigenvalue weighted by Gasteiger charge is -2.25. The Labute approximate surface area is 144 Å². The molecule has 1 heterocycles. The highest BCUT2D eigenvalue weighted by Gasteiger charge is 2.16. The van der Waals surface area contributed by atoms with E-state index >= 15 is 0 Å². The predicted molar refractivity (Wildman–Crippen MR) is 97.1 cm³/mol. The molecule has 6 heteroatoms. The fourth-order valence-corrected chi connectivity index (χ4v) is 4.16. The van der Waals surface area contributed by atoms with Crippen molar-refractivity contribution in [1.82, 2.24) is 9.97 Å². The molecule has 1 aromatic heterocycles. The van der Waals surface area contributed by atoms with Gasteiger partial charge in [-0.2, -0.15) is 0 Å². The highest BCUT2D eigenvalue weighted by Crippen LogP contribution is 2.29. The number of fused-ring (bicyclic) bond motifs is 1. The van der Waals surface area contributed by atoms with E-state index in [1.807, 2.05) is 7.05 Å². The molecule has 0 aliphatic heterocycles. The van der Waals surface area contributed by atoms with E-state index in [1.165, 1.54) is 38.4 Å². The lowest BCUT2D eigenvalue weighted by Crippen LogP contribution is -2.23. The SMILES string of the molecule is CN(CCC1CCCCC1)c1ncnc2ccc(S(C)(=O)=O)cc12. The number of sulfone groups is 1. The molecule has 1 aliphatic carbocycles. The molecule has 130 valence electrons. The predicted octanol–water partition coefficient (Wildman–Crippen LogP) is 3.44. The van der Waals surface area contributed by atoms with Gasteiger partial charge in [0.1, 0.15) is 12.1 Å². The van der Waals surface area contributed by atoms with Crippen molar-refractivity contribution in [2.45, 2.75) is 43.4 Å². The first kappa shape index (κ1) is 17.1. The number of nitrogens with zero attached hydrogens (tertiary/aromatic N) is 3. The maximum Gasteiger partial charge on any atom is 0.175 e. The molecular weight excluding hydrogens is 322 g/mol. The summed E-state index contributed by atoms with van der Waals surface area (Å²) in [6.45, 7) is 0.930. The van der Waals surface area contributed by atoms with Gasteiger partial charge in [0.25, 0.3) is 0 Å². The summed E-state index contributed by atoms with van der Waals surface area (Å²) >= 11 is 0. The molecule has 1 aliphatic rings. The van der Waals surface area contributed by atoms with Crippen LogP contribution in [0.25, 0.3) is 10.9 Å². The third-order valence-electron chi connectivity index (χ3n) is 4.97. The Morgan fingerprint density at radius 1 is 1.17 bits per heavy atom. The highest BCUT2D eigenvalue weighted by atomic mass is 32.2. The normalized spacial score (nSPS) is 16.4. The fourth-order valence-electron chi connectivity index (χ4n) is 3.51. The van der Waals surface area contributed by atoms with Gasteiger partial charge in [-0.05, 0) is 30.5 Å². The highest BCUT2D eigenvalue weighted by molar-refractivity contribution is 7.90. The summed E-state index contributed by atoms with van der Waals surface area (Å²) in [5.74, 6) is 1.61. The van der Waals surface area contributed by atoms with Crippen LogP contribution in [0.15, 0.2) is 29.4 Å². The first-order chi connectivity index (χ1) is 11.4. The topological polar surface area (TPSA) is 63.2 Å². The number of anilines is 1. The average Bonchev–Trinajstić information content (AvgIpc) is 2.58. The first-order valence-electron chi connectivity index (χ1n) is 8.61. The number of hydrogen-bond donors (Lipinski definition) is 0. The number of aromatic nitrogens is 2. The van der Waals surface area contributed by atoms with Crippen molar-refractivity contribution >= 4 is 26.6 Å². The molecular formula is C18H25N3O2S. The van der Waals surface area contributed by atoms with E-state index < -0.39 is 9.84 Å². The molecule has 0 N–H and O–H groups in total. The number of hydrogen-bond acceptors (Lipinski definition) is 5. The molecule has 0 atom stereocenters. The summed E-state index contributed by atoms with van der Waals surface area (Å²) in [5, 5.41) is 0.798. The van der Waals surface area contributed by atoms with Crippen molar-refractivity contribution in [2.75, 3.05) is 24.7 Å². The minimum absolute atomic E-state index is 0.312. The van der Waals surface area contributed by atoms with Crippen LogP contribution in [0.3, 0.4) is 0 Å². The van der Waals surface area contributed by atoms with E-state index in [1.54, 1.807) is 24.5 Å². The van der Waals surface area contributed by atoms with Crippen molar-refractivity contribution in [1.29, 1.82) is 0 Å². The zero-order chi connectivity index (χ0) is 17.2. The summed E-state index contributed by atoms with van der Waals surface area (Å²) < 4.78 is 23.7. The van der Waals surface area contributed by atoms with Crippen molar-refractivity contribution < 1.29 is 8.42 Å². The van der Waals surface area contributed by atoms with Crippen LogP contribution in [0.5, 0.6) is 0 Å². The summed E-state index contributed by atoms with van der Waals surface area (Å²) in [5.41, 5.74) is 0.775. The Morgan fingerprint density at radius 2 is 1.92 bits per heavy atom. The second kappa shape index (κ2) is 7.05. The Bertz CT molecular complexity index is 814. The van der Waals surface area contributed by atoms with E-state index in [4.69, 9.17) is 0 Å². The summed E-state index contributed by atoms with van der Waals surface area (Å²) in [6.07, 6.45) is 10.7. The molecule has 1 saturated carbocycles. The van der Waals surface area contributed by atoms with Crippen LogP contribution in [0.4, 0.5) is 5.82 Å². The van der Waals surface area contributed by atoms with E-state index in [0.717, 1.165) is 35.6 Å². The van der Waals surface area contributed by atoms with Gasteiger partial charge in [0.05, 0.1) is 10.4 Å². The molecule has 5 nitrogen and oxygen atoms in total. The summed E-state index contributed by atoms with van der Waals surface area (Å²) in [7, 11) is -1.21. The van der Waals surface area contributed by atoms with Gasteiger partial charge in [0, 0.05) is 25.2 Å². The molecule has 0 saturated heterocycles. The van der Waals surface area contributed by atoms with Crippen molar-refractivity contribution in [3.8, 4) is 0 Å². The van der Waals surface area contributed by atoms with Gasteiger partial charge >= 0.3 is 0 Å². The van der Waals surface area contributed by atoms with Gasteiger partial charge in [-0.25, -0.2) is 18.4 Å². The number of rotatable bonds is 5. The van der Waals surface area contributed by atoms with Gasteiger partial charge in [0.2, 0.25) is 0 Å². The molecule has 0 amide bonds. The van der Waals surface area contributed by atoms with E-state index in [0.29, 0.717) is 4.90 Å². The maximum absolute atomic E-state index is 11.8. The Hall–Kier alpha value is -1.69. The van der Waals surface area contributed by atoms with E-state index in [2.05, 4.69) is 14.9 Å². The lowest BCUT2D eigenvalue weighted by atomic mass is 9.87. The second-order valence-electron chi connectivity index (χ2n) is 6.86. The molecule has 0 radical (unpaired) electrons. The third-order valence-corrected chi connectivity index (χ3v) is 6.08. The summed E-state index contributed by atoms with van der Waals surface area (Å²) in [6, 6.07) is 5.06. The van der Waals surface area contributed by atoms with Crippen molar-refractivity contribution in [3.63, 3.8) is 0 Å². The Morgan fingerprint density at radius 3 is 2.62 bits per heavy atom. The zero-order valence-corrected chi connectivity index (χ0v) is 15.2. The smallest absolute Gasteiger partial charge is 0.175 e. The van der Waals surface area contributed by atoms with Crippen LogP contribution >= 0.6 is 0 Å². The number of benzene rings is 1. The maximum atomic E-state index is 11.8. The fraction of sp³-hybridized carbons (Fsp3) is 0.556. The molecule has 1 fully saturated rings. The van der Waals surface area contributed by atoms with Crippen LogP contribution < -0.4 is 4.90 Å². The largest absolute Gasteiger partial charge is 0.359 e. The van der Waals surface area contributed by atoms with Crippen LogP contribution in [-0.2, 0) is 9.84 Å². The molecule has 24 heavy (non-hydrogen) atoms. The second-order valence-corrected chi connectivity index (χ2v) is 8.88. The standard InChI is InChI=1S/C18H25N3O2S/c1-21(11-10-14-6-4-3-5-7-14)18-16-12-15(24(2,22)23)8-9-17(16)19-13-20-18/h8-9,12-14H,3-7,10-11H2,1-2H3. The van der Waals surface area contributed by atoms with E-state index in [-0.39, 0.29) is 0 Å². The van der Waals surface area contributed by atoms with Crippen LogP contribution in [0, 0.1) is 5.92 Å². The lowest BCUT2D eigenvalue weighted by molar-refractivity contribution is 0.341. The molecule has 1 aromatic carbocycles. The monoisotopic (exact) mass is 347 g/mol. The Balaban J connectivity index is 1.84. The van der Waals surface area contributed by atoms with Gasteiger partial charge in [-0.15, -0.1) is 0 Å². The van der Waals surface area contributed by atoms with Crippen LogP contribution in [0.1, 0.15) is 38.5 Å². The molecule has 2 aromatic rings. The average molecular weight is 347 g/mol. The zero-order valence-electron chi connectivity index (χ0n) is 14.4. The molecule has 0 bridgehead atoms. The van der Waals surface area contributed by atoms with E-state index in [9.17, 15) is 8.42 Å². The van der Waals surface area contributed by atoms with Gasteiger partial charge in [-0.3, -0.25) is 0 Å². The van der Waals surface area contributed by atoms with Crippen molar-refractivity contribution in [3.05, 3.63) is 24.5 Å². The minimum atomic E-state index is -3.24. The summed E-state index contributed by atoms with van der Waals surface area (Å²) in [4.78, 5) is 11.1. The van der Waals surface area contributed by atoms with Gasteiger partial charge in [0.15, 0.2) is 9.84 Å². The van der Waals surface area contributed by atoms with Gasteiger partial charge < -0.3 is 4.90 Å². The van der Waals surface area contributed by atoms with Gasteiger partial charge in [-0.1, -0.05) is 32.1 Å². The Kier molecular flexibility index (Phi) is 5.04. The molecule has 0 spiro atoms. The quantitative estimate of drug-likeness (QED) is 0.829. The first-order valence-corrected chi connectivity index (χ1v) is 10.5. The van der Waals surface area contributed by atoms with Crippen LogP contribution in [0.2, 0.25) is 0 Å². The minimum Gasteiger partial charge on any atom is -0.359 e. The molecule has 3 rings (SSSR count). The van der Waals surface area contributed by atoms with Crippen molar-refractivity contribution in [2.24, 2.45) is 5.92 Å².